The molecule has 1 aliphatic carbocycles. The van der Waals surface area contributed by atoms with Crippen molar-refractivity contribution in [1.29, 1.82) is 0 Å². The Morgan fingerprint density at radius 2 is 1.90 bits per heavy atom. The van der Waals surface area contributed by atoms with Gasteiger partial charge in [0, 0.05) is 23.8 Å². The predicted octanol–water partition coefficient (Wildman–Crippen LogP) is 4.67. The lowest BCUT2D eigenvalue weighted by Gasteiger charge is -2.34. The number of halogens is 1. The van der Waals surface area contributed by atoms with Gasteiger partial charge in [-0.15, -0.1) is 0 Å². The van der Waals surface area contributed by atoms with E-state index in [1.165, 1.54) is 37.8 Å². The zero-order valence-electron chi connectivity index (χ0n) is 13.5. The first-order valence-corrected chi connectivity index (χ1v) is 8.23. The topological polar surface area (TPSA) is 23.5 Å². The first-order valence-electron chi connectivity index (χ1n) is 8.23. The molecule has 1 aromatic carbocycles. The van der Waals surface area contributed by atoms with Crippen molar-refractivity contribution in [3.05, 3.63) is 29.6 Å². The molecule has 1 aromatic rings. The number of hydrogen-bond donors (Lipinski definition) is 1. The Morgan fingerprint density at radius 3 is 2.48 bits per heavy atom. The SMILES string of the molecule is CC(C)CCN(c1ccc(F)cc1C(C)O)C1CCCC1. The summed E-state index contributed by atoms with van der Waals surface area (Å²) in [7, 11) is 0. The Morgan fingerprint density at radius 1 is 1.24 bits per heavy atom. The third-order valence-corrected chi connectivity index (χ3v) is 4.46. The Bertz CT molecular complexity index is 453. The van der Waals surface area contributed by atoms with Crippen LogP contribution in [0.3, 0.4) is 0 Å². The minimum Gasteiger partial charge on any atom is -0.389 e. The summed E-state index contributed by atoms with van der Waals surface area (Å²) in [5, 5.41) is 10.0. The highest BCUT2D eigenvalue weighted by molar-refractivity contribution is 5.55. The molecule has 2 rings (SSSR count). The normalized spacial score (nSPS) is 17.4. The van der Waals surface area contributed by atoms with Gasteiger partial charge in [0.05, 0.1) is 6.10 Å². The van der Waals surface area contributed by atoms with Crippen molar-refractivity contribution in [3.63, 3.8) is 0 Å². The summed E-state index contributed by atoms with van der Waals surface area (Å²) in [5.74, 6) is 0.370. The van der Waals surface area contributed by atoms with E-state index < -0.39 is 6.10 Å². The van der Waals surface area contributed by atoms with Crippen LogP contribution in [0.25, 0.3) is 0 Å². The molecule has 0 spiro atoms. The van der Waals surface area contributed by atoms with Crippen molar-refractivity contribution >= 4 is 5.69 Å². The summed E-state index contributed by atoms with van der Waals surface area (Å²) >= 11 is 0. The van der Waals surface area contributed by atoms with Gasteiger partial charge in [0.2, 0.25) is 0 Å². The van der Waals surface area contributed by atoms with Crippen LogP contribution in [0, 0.1) is 11.7 Å². The molecule has 2 nitrogen and oxygen atoms in total. The van der Waals surface area contributed by atoms with Gasteiger partial charge in [-0.2, -0.15) is 0 Å². The maximum Gasteiger partial charge on any atom is 0.123 e. The monoisotopic (exact) mass is 293 g/mol. The van der Waals surface area contributed by atoms with E-state index in [9.17, 15) is 9.50 Å². The van der Waals surface area contributed by atoms with E-state index >= 15 is 0 Å². The lowest BCUT2D eigenvalue weighted by Crippen LogP contribution is -2.35. The molecule has 0 saturated heterocycles. The van der Waals surface area contributed by atoms with Crippen LogP contribution in [0.15, 0.2) is 18.2 Å². The van der Waals surface area contributed by atoms with Crippen molar-refractivity contribution in [2.75, 3.05) is 11.4 Å². The molecule has 0 aromatic heterocycles. The minimum atomic E-state index is -0.640. The predicted molar refractivity (Wildman–Crippen MR) is 86.1 cm³/mol. The Balaban J connectivity index is 2.30. The molecular weight excluding hydrogens is 265 g/mol. The lowest BCUT2D eigenvalue weighted by molar-refractivity contribution is 0.199. The fourth-order valence-electron chi connectivity index (χ4n) is 3.23. The summed E-state index contributed by atoms with van der Waals surface area (Å²) < 4.78 is 13.5. The zero-order chi connectivity index (χ0) is 15.4. The van der Waals surface area contributed by atoms with Gasteiger partial charge >= 0.3 is 0 Å². The highest BCUT2D eigenvalue weighted by Crippen LogP contribution is 2.34. The molecule has 1 saturated carbocycles. The number of aliphatic hydroxyl groups is 1. The first kappa shape index (κ1) is 16.3. The van der Waals surface area contributed by atoms with Gasteiger partial charge in [0.15, 0.2) is 0 Å². The summed E-state index contributed by atoms with van der Waals surface area (Å²) in [4.78, 5) is 2.41. The van der Waals surface area contributed by atoms with Crippen LogP contribution in [0.5, 0.6) is 0 Å². The molecule has 3 heteroatoms. The summed E-state index contributed by atoms with van der Waals surface area (Å²) in [6.07, 6.45) is 5.43. The van der Waals surface area contributed by atoms with E-state index in [1.807, 2.05) is 6.07 Å². The smallest absolute Gasteiger partial charge is 0.123 e. The zero-order valence-corrected chi connectivity index (χ0v) is 13.5. The highest BCUT2D eigenvalue weighted by Gasteiger charge is 2.25. The Hall–Kier alpha value is -1.09. The average molecular weight is 293 g/mol. The van der Waals surface area contributed by atoms with E-state index in [4.69, 9.17) is 0 Å². The van der Waals surface area contributed by atoms with E-state index in [0.717, 1.165) is 18.7 Å². The van der Waals surface area contributed by atoms with Gasteiger partial charge in [-0.1, -0.05) is 26.7 Å². The number of rotatable bonds is 6. The Kier molecular flexibility index (Phi) is 5.63. The van der Waals surface area contributed by atoms with E-state index in [-0.39, 0.29) is 5.82 Å². The second-order valence-corrected chi connectivity index (χ2v) is 6.69. The number of nitrogens with zero attached hydrogens (tertiary/aromatic N) is 1. The standard InChI is InChI=1S/C18H28FNO/c1-13(2)10-11-20(16-6-4-5-7-16)18-9-8-15(19)12-17(18)14(3)21/h8-9,12-14,16,21H,4-7,10-11H2,1-3H3. The maximum atomic E-state index is 13.5. The van der Waals surface area contributed by atoms with Crippen LogP contribution in [0.4, 0.5) is 10.1 Å². The third-order valence-electron chi connectivity index (χ3n) is 4.46. The van der Waals surface area contributed by atoms with E-state index in [2.05, 4.69) is 18.7 Å². The fraction of sp³-hybridized carbons (Fsp3) is 0.667. The molecule has 0 bridgehead atoms. The quantitative estimate of drug-likeness (QED) is 0.823. The van der Waals surface area contributed by atoms with Crippen molar-refractivity contribution in [2.24, 2.45) is 5.92 Å². The molecular formula is C18H28FNO. The minimum absolute atomic E-state index is 0.273. The van der Waals surface area contributed by atoms with Gasteiger partial charge in [-0.25, -0.2) is 4.39 Å². The Labute approximate surface area is 128 Å². The van der Waals surface area contributed by atoms with Gasteiger partial charge < -0.3 is 10.0 Å². The number of hydrogen-bond acceptors (Lipinski definition) is 2. The molecule has 1 N–H and O–H groups in total. The largest absolute Gasteiger partial charge is 0.389 e. The van der Waals surface area contributed by atoms with Crippen molar-refractivity contribution in [1.82, 2.24) is 0 Å². The van der Waals surface area contributed by atoms with E-state index in [0.29, 0.717) is 17.5 Å². The van der Waals surface area contributed by atoms with Gasteiger partial charge in [-0.3, -0.25) is 0 Å². The summed E-state index contributed by atoms with van der Waals surface area (Å²) in [6, 6.07) is 5.37. The number of aliphatic hydroxyl groups excluding tert-OH is 1. The van der Waals surface area contributed by atoms with Crippen LogP contribution in [-0.2, 0) is 0 Å². The molecule has 0 amide bonds. The number of benzene rings is 1. The van der Waals surface area contributed by atoms with Crippen LogP contribution in [0.1, 0.15) is 64.5 Å². The molecule has 1 atom stereocenters. The van der Waals surface area contributed by atoms with Crippen LogP contribution in [0.2, 0.25) is 0 Å². The second-order valence-electron chi connectivity index (χ2n) is 6.69. The van der Waals surface area contributed by atoms with Crippen molar-refractivity contribution in [2.45, 2.75) is 65.0 Å². The molecule has 1 aliphatic rings. The molecule has 1 fully saturated rings. The third kappa shape index (κ3) is 4.19. The molecule has 0 aliphatic heterocycles. The average Bonchev–Trinajstić information content (AvgIpc) is 2.93. The van der Waals surface area contributed by atoms with Crippen LogP contribution in [-0.4, -0.2) is 17.7 Å². The van der Waals surface area contributed by atoms with Gasteiger partial charge in [0.25, 0.3) is 0 Å². The molecule has 0 heterocycles. The molecule has 0 radical (unpaired) electrons. The highest BCUT2D eigenvalue weighted by atomic mass is 19.1. The second kappa shape index (κ2) is 7.26. The fourth-order valence-corrected chi connectivity index (χ4v) is 3.23. The van der Waals surface area contributed by atoms with Gasteiger partial charge in [0.1, 0.15) is 5.82 Å². The lowest BCUT2D eigenvalue weighted by atomic mass is 10.0. The van der Waals surface area contributed by atoms with E-state index in [1.54, 1.807) is 6.92 Å². The maximum absolute atomic E-state index is 13.5. The van der Waals surface area contributed by atoms with Crippen LogP contribution < -0.4 is 4.90 Å². The van der Waals surface area contributed by atoms with Crippen molar-refractivity contribution in [3.8, 4) is 0 Å². The molecule has 1 unspecified atom stereocenters. The summed E-state index contributed by atoms with van der Waals surface area (Å²) in [5.41, 5.74) is 1.73. The summed E-state index contributed by atoms with van der Waals surface area (Å²) in [6.45, 7) is 7.15. The van der Waals surface area contributed by atoms with Gasteiger partial charge in [-0.05, 0) is 50.3 Å². The number of anilines is 1. The molecule has 118 valence electrons. The molecule has 21 heavy (non-hydrogen) atoms. The van der Waals surface area contributed by atoms with Crippen LogP contribution >= 0.6 is 0 Å². The van der Waals surface area contributed by atoms with Crippen molar-refractivity contribution < 1.29 is 9.50 Å². The first-order chi connectivity index (χ1) is 9.99.